The number of ether oxygens (including phenoxy) is 2. The van der Waals surface area contributed by atoms with E-state index in [1.165, 1.54) is 0 Å². The van der Waals surface area contributed by atoms with E-state index in [0.717, 1.165) is 45.9 Å². The molecular formula is C14H30N2O2. The Hall–Kier alpha value is -0.160. The van der Waals surface area contributed by atoms with Crippen LogP contribution >= 0.6 is 0 Å². The van der Waals surface area contributed by atoms with Crippen LogP contribution in [0.25, 0.3) is 0 Å². The van der Waals surface area contributed by atoms with Crippen molar-refractivity contribution in [2.24, 2.45) is 5.41 Å². The predicted molar refractivity (Wildman–Crippen MR) is 75.0 cm³/mol. The summed E-state index contributed by atoms with van der Waals surface area (Å²) in [7, 11) is 0. The van der Waals surface area contributed by atoms with Crippen molar-refractivity contribution in [1.29, 1.82) is 0 Å². The summed E-state index contributed by atoms with van der Waals surface area (Å²) >= 11 is 0. The lowest BCUT2D eigenvalue weighted by molar-refractivity contribution is 0.0625. The monoisotopic (exact) mass is 258 g/mol. The maximum Gasteiger partial charge on any atom is 0.0620 e. The van der Waals surface area contributed by atoms with Crippen molar-refractivity contribution in [2.45, 2.75) is 46.2 Å². The van der Waals surface area contributed by atoms with Gasteiger partial charge in [0.15, 0.2) is 0 Å². The SMILES string of the molecule is CCOCC(C)(C)CNC(C)CC1COCCN1. The molecule has 4 nitrogen and oxygen atoms in total. The van der Waals surface area contributed by atoms with Gasteiger partial charge in [0.1, 0.15) is 0 Å². The molecule has 108 valence electrons. The molecule has 4 heteroatoms. The third-order valence-corrected chi connectivity index (χ3v) is 3.26. The highest BCUT2D eigenvalue weighted by atomic mass is 16.5. The fourth-order valence-electron chi connectivity index (χ4n) is 2.16. The zero-order valence-electron chi connectivity index (χ0n) is 12.4. The molecule has 2 N–H and O–H groups in total. The maximum atomic E-state index is 5.51. The molecule has 0 aromatic rings. The van der Waals surface area contributed by atoms with E-state index in [1.807, 2.05) is 6.92 Å². The van der Waals surface area contributed by atoms with Crippen LogP contribution in [0.4, 0.5) is 0 Å². The first-order valence-corrected chi connectivity index (χ1v) is 7.16. The number of hydrogen-bond donors (Lipinski definition) is 2. The van der Waals surface area contributed by atoms with E-state index in [0.29, 0.717) is 12.1 Å². The average molecular weight is 258 g/mol. The van der Waals surface area contributed by atoms with Crippen LogP contribution < -0.4 is 10.6 Å². The van der Waals surface area contributed by atoms with Crippen LogP contribution in [0.1, 0.15) is 34.1 Å². The van der Waals surface area contributed by atoms with E-state index in [-0.39, 0.29) is 5.41 Å². The largest absolute Gasteiger partial charge is 0.381 e. The minimum atomic E-state index is 0.195. The van der Waals surface area contributed by atoms with Crippen molar-refractivity contribution >= 4 is 0 Å². The Morgan fingerprint density at radius 3 is 2.89 bits per heavy atom. The summed E-state index contributed by atoms with van der Waals surface area (Å²) in [6, 6.07) is 1.00. The fraction of sp³-hybridized carbons (Fsp3) is 1.00. The van der Waals surface area contributed by atoms with Gasteiger partial charge in [-0.2, -0.15) is 0 Å². The van der Waals surface area contributed by atoms with Crippen molar-refractivity contribution in [2.75, 3.05) is 39.5 Å². The summed E-state index contributed by atoms with van der Waals surface area (Å²) in [4.78, 5) is 0. The van der Waals surface area contributed by atoms with Gasteiger partial charge in [-0.15, -0.1) is 0 Å². The molecule has 0 aromatic carbocycles. The average Bonchev–Trinajstić information content (AvgIpc) is 2.36. The van der Waals surface area contributed by atoms with Crippen molar-refractivity contribution in [3.8, 4) is 0 Å². The van der Waals surface area contributed by atoms with Crippen LogP contribution in [0.15, 0.2) is 0 Å². The van der Waals surface area contributed by atoms with Crippen LogP contribution in [0.5, 0.6) is 0 Å². The second-order valence-corrected chi connectivity index (χ2v) is 6.04. The summed E-state index contributed by atoms with van der Waals surface area (Å²) in [6.07, 6.45) is 1.12. The van der Waals surface area contributed by atoms with E-state index in [9.17, 15) is 0 Å². The molecule has 1 aliphatic heterocycles. The Balaban J connectivity index is 2.16. The summed E-state index contributed by atoms with van der Waals surface area (Å²) in [5.41, 5.74) is 0.195. The molecule has 1 saturated heterocycles. The minimum absolute atomic E-state index is 0.195. The first-order valence-electron chi connectivity index (χ1n) is 7.16. The van der Waals surface area contributed by atoms with Crippen molar-refractivity contribution < 1.29 is 9.47 Å². The van der Waals surface area contributed by atoms with Gasteiger partial charge >= 0.3 is 0 Å². The summed E-state index contributed by atoms with van der Waals surface area (Å²) in [5, 5.41) is 7.10. The third kappa shape index (κ3) is 6.69. The molecule has 2 atom stereocenters. The Morgan fingerprint density at radius 1 is 1.50 bits per heavy atom. The lowest BCUT2D eigenvalue weighted by Gasteiger charge is -2.30. The molecule has 2 unspecified atom stereocenters. The topological polar surface area (TPSA) is 42.5 Å². The Morgan fingerprint density at radius 2 is 2.28 bits per heavy atom. The van der Waals surface area contributed by atoms with Crippen LogP contribution in [0.2, 0.25) is 0 Å². The van der Waals surface area contributed by atoms with Gasteiger partial charge < -0.3 is 20.1 Å². The molecule has 1 aliphatic rings. The third-order valence-electron chi connectivity index (χ3n) is 3.26. The lowest BCUT2D eigenvalue weighted by Crippen LogP contribution is -2.46. The lowest BCUT2D eigenvalue weighted by atomic mass is 9.94. The number of hydrogen-bond acceptors (Lipinski definition) is 4. The van der Waals surface area contributed by atoms with E-state index >= 15 is 0 Å². The van der Waals surface area contributed by atoms with Gasteiger partial charge in [-0.05, 0) is 20.3 Å². The van der Waals surface area contributed by atoms with Gasteiger partial charge in [-0.1, -0.05) is 13.8 Å². The molecule has 1 fully saturated rings. The quantitative estimate of drug-likeness (QED) is 0.691. The molecule has 1 rings (SSSR count). The molecule has 0 aromatic heterocycles. The molecular weight excluding hydrogens is 228 g/mol. The highest BCUT2D eigenvalue weighted by Gasteiger charge is 2.21. The van der Waals surface area contributed by atoms with Gasteiger partial charge in [0, 0.05) is 37.2 Å². The number of rotatable bonds is 8. The van der Waals surface area contributed by atoms with E-state index in [4.69, 9.17) is 9.47 Å². The molecule has 1 heterocycles. The Labute approximate surface area is 112 Å². The van der Waals surface area contributed by atoms with Crippen LogP contribution in [0.3, 0.4) is 0 Å². The number of nitrogens with one attached hydrogen (secondary N) is 2. The van der Waals surface area contributed by atoms with Gasteiger partial charge in [0.2, 0.25) is 0 Å². The normalized spacial score (nSPS) is 23.0. The number of morpholine rings is 1. The van der Waals surface area contributed by atoms with Gasteiger partial charge in [-0.3, -0.25) is 0 Å². The molecule has 0 spiro atoms. The van der Waals surface area contributed by atoms with Crippen molar-refractivity contribution in [3.63, 3.8) is 0 Å². The second kappa shape index (κ2) is 8.10. The molecule has 0 amide bonds. The van der Waals surface area contributed by atoms with Gasteiger partial charge in [0.05, 0.1) is 19.8 Å². The molecule has 18 heavy (non-hydrogen) atoms. The zero-order valence-corrected chi connectivity index (χ0v) is 12.4. The summed E-state index contributed by atoms with van der Waals surface area (Å²) in [5.74, 6) is 0. The van der Waals surface area contributed by atoms with E-state index in [1.54, 1.807) is 0 Å². The molecule has 0 radical (unpaired) electrons. The predicted octanol–water partition coefficient (Wildman–Crippen LogP) is 1.41. The smallest absolute Gasteiger partial charge is 0.0620 e. The van der Waals surface area contributed by atoms with Crippen molar-refractivity contribution in [3.05, 3.63) is 0 Å². The Bertz CT molecular complexity index is 216. The van der Waals surface area contributed by atoms with Crippen LogP contribution in [0, 0.1) is 5.41 Å². The van der Waals surface area contributed by atoms with Gasteiger partial charge in [-0.25, -0.2) is 0 Å². The summed E-state index contributed by atoms with van der Waals surface area (Å²) < 4.78 is 11.0. The minimum Gasteiger partial charge on any atom is -0.381 e. The first kappa shape index (κ1) is 15.9. The Kier molecular flexibility index (Phi) is 7.15. The maximum absolute atomic E-state index is 5.51. The van der Waals surface area contributed by atoms with E-state index in [2.05, 4.69) is 31.4 Å². The molecule has 0 bridgehead atoms. The summed E-state index contributed by atoms with van der Waals surface area (Å²) in [6.45, 7) is 14.0. The molecule has 0 aliphatic carbocycles. The zero-order chi connectivity index (χ0) is 13.4. The van der Waals surface area contributed by atoms with Crippen LogP contribution in [-0.4, -0.2) is 51.6 Å². The highest BCUT2D eigenvalue weighted by Crippen LogP contribution is 2.14. The van der Waals surface area contributed by atoms with Crippen molar-refractivity contribution in [1.82, 2.24) is 10.6 Å². The molecule has 0 saturated carbocycles. The van der Waals surface area contributed by atoms with Crippen LogP contribution in [-0.2, 0) is 9.47 Å². The van der Waals surface area contributed by atoms with E-state index < -0.39 is 0 Å². The standard InChI is InChI=1S/C14H30N2O2/c1-5-17-11-14(3,4)10-16-12(2)8-13-9-18-7-6-15-13/h12-13,15-16H,5-11H2,1-4H3. The first-order chi connectivity index (χ1) is 8.53. The fourth-order valence-corrected chi connectivity index (χ4v) is 2.16. The highest BCUT2D eigenvalue weighted by molar-refractivity contribution is 4.78. The second-order valence-electron chi connectivity index (χ2n) is 6.04. The van der Waals surface area contributed by atoms with Gasteiger partial charge in [0.25, 0.3) is 0 Å².